The highest BCUT2D eigenvalue weighted by Gasteiger charge is 2.27. The highest BCUT2D eigenvalue weighted by Crippen LogP contribution is 2.38. The van der Waals surface area contributed by atoms with E-state index in [9.17, 15) is 0 Å². The van der Waals surface area contributed by atoms with Gasteiger partial charge in [-0.1, -0.05) is 67.8 Å². The summed E-state index contributed by atoms with van der Waals surface area (Å²) in [4.78, 5) is 0. The second-order valence-corrected chi connectivity index (χ2v) is 7.95. The van der Waals surface area contributed by atoms with Gasteiger partial charge in [0.1, 0.15) is 5.75 Å². The molecular formula is C24H31NO. The Hall–Kier alpha value is -1.80. The van der Waals surface area contributed by atoms with Gasteiger partial charge in [0.15, 0.2) is 0 Å². The molecule has 1 saturated carbocycles. The third-order valence-electron chi connectivity index (χ3n) is 6.25. The summed E-state index contributed by atoms with van der Waals surface area (Å²) in [5.74, 6) is 2.94. The van der Waals surface area contributed by atoms with E-state index in [-0.39, 0.29) is 0 Å². The maximum absolute atomic E-state index is 6.44. The van der Waals surface area contributed by atoms with E-state index >= 15 is 0 Å². The lowest BCUT2D eigenvalue weighted by Gasteiger charge is -2.33. The molecule has 2 aliphatic rings. The molecule has 0 unspecified atom stereocenters. The van der Waals surface area contributed by atoms with Crippen molar-refractivity contribution >= 4 is 0 Å². The lowest BCUT2D eigenvalue weighted by Crippen LogP contribution is -2.38. The van der Waals surface area contributed by atoms with Crippen molar-refractivity contribution < 1.29 is 4.74 Å². The minimum Gasteiger partial charge on any atom is -0.493 e. The third-order valence-corrected chi connectivity index (χ3v) is 6.25. The maximum atomic E-state index is 6.44. The summed E-state index contributed by atoms with van der Waals surface area (Å²) in [6.45, 7) is 2.95. The molecule has 1 saturated heterocycles. The molecule has 2 fully saturated rings. The highest BCUT2D eigenvalue weighted by molar-refractivity contribution is 5.36. The SMILES string of the molecule is c1ccc([C@@H]2CCNC[C@@H]2COc2ccccc2C2CCCCC2)cc1. The van der Waals surface area contributed by atoms with Crippen molar-refractivity contribution in [1.82, 2.24) is 5.32 Å². The number of nitrogens with one attached hydrogen (secondary N) is 1. The van der Waals surface area contributed by atoms with Gasteiger partial charge in [0.2, 0.25) is 0 Å². The Balaban J connectivity index is 1.46. The Morgan fingerprint density at radius 3 is 2.46 bits per heavy atom. The zero-order valence-corrected chi connectivity index (χ0v) is 15.7. The van der Waals surface area contributed by atoms with Gasteiger partial charge in [-0.3, -0.25) is 0 Å². The summed E-state index contributed by atoms with van der Waals surface area (Å²) in [5.41, 5.74) is 2.90. The molecule has 2 heteroatoms. The van der Waals surface area contributed by atoms with Crippen LogP contribution < -0.4 is 10.1 Å². The van der Waals surface area contributed by atoms with Gasteiger partial charge in [-0.25, -0.2) is 0 Å². The third kappa shape index (κ3) is 4.12. The summed E-state index contributed by atoms with van der Waals surface area (Å²) < 4.78 is 6.44. The number of hydrogen-bond acceptors (Lipinski definition) is 2. The van der Waals surface area contributed by atoms with Crippen molar-refractivity contribution in [2.24, 2.45) is 5.92 Å². The fourth-order valence-electron chi connectivity index (χ4n) is 4.80. The Morgan fingerprint density at radius 2 is 1.62 bits per heavy atom. The zero-order chi connectivity index (χ0) is 17.6. The van der Waals surface area contributed by atoms with Gasteiger partial charge in [-0.05, 0) is 54.8 Å². The first-order valence-corrected chi connectivity index (χ1v) is 10.4. The van der Waals surface area contributed by atoms with Crippen molar-refractivity contribution in [1.29, 1.82) is 0 Å². The van der Waals surface area contributed by atoms with Crippen LogP contribution in [-0.4, -0.2) is 19.7 Å². The maximum Gasteiger partial charge on any atom is 0.122 e. The Labute approximate surface area is 158 Å². The predicted molar refractivity (Wildman–Crippen MR) is 108 cm³/mol. The predicted octanol–water partition coefficient (Wildman–Crippen LogP) is 5.51. The van der Waals surface area contributed by atoms with E-state index in [1.54, 1.807) is 0 Å². The summed E-state index contributed by atoms with van der Waals surface area (Å²) in [6, 6.07) is 19.7. The first kappa shape index (κ1) is 17.6. The first-order chi connectivity index (χ1) is 12.9. The van der Waals surface area contributed by atoms with Gasteiger partial charge in [0.25, 0.3) is 0 Å². The molecular weight excluding hydrogens is 318 g/mol. The van der Waals surface area contributed by atoms with Crippen LogP contribution in [0, 0.1) is 5.92 Å². The highest BCUT2D eigenvalue weighted by atomic mass is 16.5. The summed E-state index contributed by atoms with van der Waals surface area (Å²) >= 11 is 0. The Bertz CT molecular complexity index is 678. The largest absolute Gasteiger partial charge is 0.493 e. The van der Waals surface area contributed by atoms with E-state index in [0.717, 1.165) is 25.4 Å². The molecule has 2 aromatic carbocycles. The van der Waals surface area contributed by atoms with Crippen LogP contribution in [0.5, 0.6) is 5.75 Å². The van der Waals surface area contributed by atoms with Crippen molar-refractivity contribution in [3.05, 3.63) is 65.7 Å². The fraction of sp³-hybridized carbons (Fsp3) is 0.500. The minimum atomic E-state index is 0.533. The van der Waals surface area contributed by atoms with E-state index in [1.807, 2.05) is 0 Å². The molecule has 138 valence electrons. The Morgan fingerprint density at radius 1 is 0.846 bits per heavy atom. The molecule has 1 heterocycles. The number of rotatable bonds is 5. The number of ether oxygens (including phenoxy) is 1. The number of hydrogen-bond donors (Lipinski definition) is 1. The molecule has 1 N–H and O–H groups in total. The van der Waals surface area contributed by atoms with E-state index in [4.69, 9.17) is 4.74 Å². The van der Waals surface area contributed by atoms with Crippen LogP contribution in [0.1, 0.15) is 61.5 Å². The van der Waals surface area contributed by atoms with Gasteiger partial charge in [-0.2, -0.15) is 0 Å². The minimum absolute atomic E-state index is 0.533. The molecule has 1 aliphatic carbocycles. The van der Waals surface area contributed by atoms with Crippen LogP contribution in [0.4, 0.5) is 0 Å². The molecule has 2 nitrogen and oxygen atoms in total. The quantitative estimate of drug-likeness (QED) is 0.769. The van der Waals surface area contributed by atoms with E-state index < -0.39 is 0 Å². The molecule has 0 aromatic heterocycles. The molecule has 26 heavy (non-hydrogen) atoms. The summed E-state index contributed by atoms with van der Waals surface area (Å²) in [6.07, 6.45) is 7.95. The van der Waals surface area contributed by atoms with E-state index in [2.05, 4.69) is 59.9 Å². The van der Waals surface area contributed by atoms with Gasteiger partial charge >= 0.3 is 0 Å². The number of piperidine rings is 1. The molecule has 0 amide bonds. The fourth-order valence-corrected chi connectivity index (χ4v) is 4.80. The van der Waals surface area contributed by atoms with Crippen molar-refractivity contribution in [2.75, 3.05) is 19.7 Å². The van der Waals surface area contributed by atoms with Crippen molar-refractivity contribution in [2.45, 2.75) is 50.4 Å². The van der Waals surface area contributed by atoms with Crippen molar-refractivity contribution in [3.63, 3.8) is 0 Å². The zero-order valence-electron chi connectivity index (χ0n) is 15.7. The van der Waals surface area contributed by atoms with Gasteiger partial charge < -0.3 is 10.1 Å². The average molecular weight is 350 g/mol. The Kier molecular flexibility index (Phi) is 5.91. The molecule has 0 spiro atoms. The van der Waals surface area contributed by atoms with Gasteiger partial charge in [0.05, 0.1) is 6.61 Å². The van der Waals surface area contributed by atoms with Crippen LogP contribution in [0.15, 0.2) is 54.6 Å². The summed E-state index contributed by atoms with van der Waals surface area (Å²) in [7, 11) is 0. The van der Waals surface area contributed by atoms with Crippen LogP contribution in [0.3, 0.4) is 0 Å². The van der Waals surface area contributed by atoms with Crippen LogP contribution in [0.2, 0.25) is 0 Å². The van der Waals surface area contributed by atoms with Crippen LogP contribution >= 0.6 is 0 Å². The van der Waals surface area contributed by atoms with Crippen LogP contribution in [-0.2, 0) is 0 Å². The summed E-state index contributed by atoms with van der Waals surface area (Å²) in [5, 5.41) is 3.57. The monoisotopic (exact) mass is 349 g/mol. The second kappa shape index (κ2) is 8.73. The van der Waals surface area contributed by atoms with Gasteiger partial charge in [0, 0.05) is 12.5 Å². The molecule has 2 atom stereocenters. The molecule has 4 rings (SSSR count). The van der Waals surface area contributed by atoms with Crippen LogP contribution in [0.25, 0.3) is 0 Å². The average Bonchev–Trinajstić information content (AvgIpc) is 2.74. The second-order valence-electron chi connectivity index (χ2n) is 7.95. The van der Waals surface area contributed by atoms with E-state index in [0.29, 0.717) is 17.8 Å². The standard InChI is InChI=1S/C24H31NO/c1-3-9-19(10-4-1)22-15-16-25-17-21(22)18-26-24-14-8-7-13-23(24)20-11-5-2-6-12-20/h1,3-4,7-10,13-14,20-22,25H,2,5-6,11-12,15-18H2/t21-,22+/m1/s1. The normalized spacial score (nSPS) is 24.3. The first-order valence-electron chi connectivity index (χ1n) is 10.4. The lowest BCUT2D eigenvalue weighted by molar-refractivity contribution is 0.194. The smallest absolute Gasteiger partial charge is 0.122 e. The molecule has 0 bridgehead atoms. The van der Waals surface area contributed by atoms with Crippen molar-refractivity contribution in [3.8, 4) is 5.75 Å². The molecule has 0 radical (unpaired) electrons. The lowest BCUT2D eigenvalue weighted by atomic mass is 9.81. The number of para-hydroxylation sites is 1. The number of benzene rings is 2. The topological polar surface area (TPSA) is 21.3 Å². The van der Waals surface area contributed by atoms with E-state index in [1.165, 1.54) is 49.7 Å². The molecule has 1 aliphatic heterocycles. The molecule has 2 aromatic rings. The van der Waals surface area contributed by atoms with Gasteiger partial charge in [-0.15, -0.1) is 0 Å².